The van der Waals surface area contributed by atoms with Gasteiger partial charge >= 0.3 is 7.60 Å². The zero-order chi connectivity index (χ0) is 17.9. The minimum absolute atomic E-state index is 0.214. The molecule has 2 aromatic rings. The van der Waals surface area contributed by atoms with Crippen molar-refractivity contribution in [3.05, 3.63) is 60.2 Å². The second-order valence-electron chi connectivity index (χ2n) is 6.08. The van der Waals surface area contributed by atoms with Crippen molar-refractivity contribution in [1.29, 1.82) is 0 Å². The SMILES string of the molecule is CCOc1ccc([C@@H](Nc2ccccc2)P2(=O)O[C@@H](C)[C@H](C)O2)cc1. The van der Waals surface area contributed by atoms with E-state index in [9.17, 15) is 4.57 Å². The Morgan fingerprint density at radius 1 is 1.04 bits per heavy atom. The monoisotopic (exact) mass is 361 g/mol. The molecule has 0 bridgehead atoms. The molecule has 1 aliphatic rings. The number of hydrogen-bond donors (Lipinski definition) is 1. The van der Waals surface area contributed by atoms with E-state index in [0.717, 1.165) is 17.0 Å². The molecular formula is C19H24NO4P. The smallest absolute Gasteiger partial charge is 0.357 e. The molecule has 0 aromatic heterocycles. The number of rotatable bonds is 6. The van der Waals surface area contributed by atoms with E-state index in [0.29, 0.717) is 6.61 Å². The molecule has 1 aliphatic heterocycles. The van der Waals surface area contributed by atoms with Crippen molar-refractivity contribution in [2.24, 2.45) is 0 Å². The highest BCUT2D eigenvalue weighted by atomic mass is 31.2. The molecule has 0 aliphatic carbocycles. The molecule has 0 spiro atoms. The van der Waals surface area contributed by atoms with Gasteiger partial charge in [0.2, 0.25) is 0 Å². The number of benzene rings is 2. The Hall–Kier alpha value is -1.81. The molecular weight excluding hydrogens is 337 g/mol. The Labute approximate surface area is 148 Å². The second kappa shape index (κ2) is 7.61. The Morgan fingerprint density at radius 2 is 1.64 bits per heavy atom. The van der Waals surface area contributed by atoms with Crippen molar-refractivity contribution in [2.75, 3.05) is 11.9 Å². The fraction of sp³-hybridized carbons (Fsp3) is 0.368. The van der Waals surface area contributed by atoms with Crippen LogP contribution >= 0.6 is 7.60 Å². The Kier molecular flexibility index (Phi) is 5.48. The van der Waals surface area contributed by atoms with E-state index in [-0.39, 0.29) is 12.2 Å². The molecule has 1 heterocycles. The highest BCUT2D eigenvalue weighted by Gasteiger charge is 2.47. The minimum Gasteiger partial charge on any atom is -0.494 e. The first-order chi connectivity index (χ1) is 12.0. The van der Waals surface area contributed by atoms with Crippen LogP contribution in [0.2, 0.25) is 0 Å². The largest absolute Gasteiger partial charge is 0.494 e. The van der Waals surface area contributed by atoms with Crippen molar-refractivity contribution in [3.63, 3.8) is 0 Å². The first kappa shape index (κ1) is 18.0. The lowest BCUT2D eigenvalue weighted by Crippen LogP contribution is -2.13. The number of hydrogen-bond acceptors (Lipinski definition) is 5. The maximum absolute atomic E-state index is 13.4. The van der Waals surface area contributed by atoms with Gasteiger partial charge in [-0.2, -0.15) is 0 Å². The lowest BCUT2D eigenvalue weighted by molar-refractivity contribution is 0.187. The molecule has 2 aromatic carbocycles. The summed E-state index contributed by atoms with van der Waals surface area (Å²) >= 11 is 0. The molecule has 5 nitrogen and oxygen atoms in total. The van der Waals surface area contributed by atoms with Crippen LogP contribution in [0, 0.1) is 0 Å². The third kappa shape index (κ3) is 4.06. The van der Waals surface area contributed by atoms with Crippen LogP contribution in [0.3, 0.4) is 0 Å². The quantitative estimate of drug-likeness (QED) is 0.716. The number of anilines is 1. The predicted molar refractivity (Wildman–Crippen MR) is 99.1 cm³/mol. The summed E-state index contributed by atoms with van der Waals surface area (Å²) in [5, 5.41) is 3.32. The van der Waals surface area contributed by atoms with Gasteiger partial charge in [-0.05, 0) is 50.6 Å². The highest BCUT2D eigenvalue weighted by molar-refractivity contribution is 7.54. The minimum atomic E-state index is -3.36. The molecule has 134 valence electrons. The predicted octanol–water partition coefficient (Wildman–Crippen LogP) is 5.21. The van der Waals surface area contributed by atoms with Crippen LogP contribution < -0.4 is 10.1 Å². The normalized spacial score (nSPS) is 23.2. The average molecular weight is 361 g/mol. The van der Waals surface area contributed by atoms with E-state index >= 15 is 0 Å². The first-order valence-corrected chi connectivity index (χ1v) is 10.1. The fourth-order valence-electron chi connectivity index (χ4n) is 2.73. The molecule has 1 N–H and O–H groups in total. The number of para-hydroxylation sites is 1. The summed E-state index contributed by atoms with van der Waals surface area (Å²) in [7, 11) is -3.36. The van der Waals surface area contributed by atoms with Crippen LogP contribution in [0.1, 0.15) is 32.1 Å². The Morgan fingerprint density at radius 3 is 2.20 bits per heavy atom. The van der Waals surface area contributed by atoms with Gasteiger partial charge in [-0.25, -0.2) is 0 Å². The third-order valence-electron chi connectivity index (χ3n) is 4.19. The summed E-state index contributed by atoms with van der Waals surface area (Å²) in [5.74, 6) is 0.191. The molecule has 25 heavy (non-hydrogen) atoms. The van der Waals surface area contributed by atoms with Crippen LogP contribution in [0.25, 0.3) is 0 Å². The summed E-state index contributed by atoms with van der Waals surface area (Å²) in [6, 6.07) is 17.2. The Balaban J connectivity index is 1.93. The van der Waals surface area contributed by atoms with Gasteiger partial charge in [0.05, 0.1) is 18.8 Å². The highest BCUT2D eigenvalue weighted by Crippen LogP contribution is 2.66. The molecule has 0 unspecified atom stereocenters. The zero-order valence-electron chi connectivity index (χ0n) is 14.7. The second-order valence-corrected chi connectivity index (χ2v) is 8.09. The van der Waals surface area contributed by atoms with E-state index in [1.165, 1.54) is 0 Å². The molecule has 6 heteroatoms. The maximum Gasteiger partial charge on any atom is 0.357 e. The number of ether oxygens (including phenoxy) is 1. The maximum atomic E-state index is 13.4. The van der Waals surface area contributed by atoms with Crippen LogP contribution in [-0.2, 0) is 13.6 Å². The van der Waals surface area contributed by atoms with Crippen molar-refractivity contribution in [2.45, 2.75) is 38.8 Å². The van der Waals surface area contributed by atoms with E-state index < -0.39 is 13.4 Å². The van der Waals surface area contributed by atoms with Crippen molar-refractivity contribution in [3.8, 4) is 5.75 Å². The van der Waals surface area contributed by atoms with Gasteiger partial charge in [0.25, 0.3) is 0 Å². The fourth-order valence-corrected chi connectivity index (χ4v) is 5.14. The van der Waals surface area contributed by atoms with E-state index in [1.54, 1.807) is 0 Å². The lowest BCUT2D eigenvalue weighted by atomic mass is 10.2. The molecule has 3 atom stereocenters. The van der Waals surface area contributed by atoms with Crippen LogP contribution in [-0.4, -0.2) is 18.8 Å². The van der Waals surface area contributed by atoms with Crippen molar-refractivity contribution < 1.29 is 18.3 Å². The molecule has 0 saturated carbocycles. The van der Waals surface area contributed by atoms with Gasteiger partial charge < -0.3 is 19.1 Å². The summed E-state index contributed by atoms with van der Waals surface area (Å²) in [5.41, 5.74) is 1.69. The first-order valence-electron chi connectivity index (χ1n) is 8.52. The Bertz CT molecular complexity index is 721. The van der Waals surface area contributed by atoms with Gasteiger partial charge in [-0.1, -0.05) is 30.3 Å². The molecule has 1 saturated heterocycles. The van der Waals surface area contributed by atoms with Gasteiger partial charge in [-0.3, -0.25) is 4.57 Å². The standard InChI is InChI=1S/C19H24NO4P/c1-4-22-18-12-10-16(11-13-18)19(20-17-8-6-5-7-9-17)25(21)23-14(2)15(3)24-25/h5-15,19-20H,4H2,1-3H3/t14-,15-,19-/m0/s1. The van der Waals surface area contributed by atoms with Gasteiger partial charge in [-0.15, -0.1) is 0 Å². The van der Waals surface area contributed by atoms with Crippen LogP contribution in [0.15, 0.2) is 54.6 Å². The molecule has 0 amide bonds. The summed E-state index contributed by atoms with van der Waals surface area (Å²) < 4.78 is 30.4. The molecule has 3 rings (SSSR count). The van der Waals surface area contributed by atoms with Crippen LogP contribution in [0.4, 0.5) is 5.69 Å². The van der Waals surface area contributed by atoms with Gasteiger partial charge in [0.1, 0.15) is 5.75 Å². The van der Waals surface area contributed by atoms with Crippen molar-refractivity contribution >= 4 is 13.3 Å². The van der Waals surface area contributed by atoms with E-state index in [2.05, 4.69) is 5.32 Å². The van der Waals surface area contributed by atoms with E-state index in [4.69, 9.17) is 13.8 Å². The van der Waals surface area contributed by atoms with Gasteiger partial charge in [0, 0.05) is 5.69 Å². The number of nitrogens with one attached hydrogen (secondary N) is 1. The summed E-state index contributed by atoms with van der Waals surface area (Å²) in [6.07, 6.45) is -0.429. The topological polar surface area (TPSA) is 56.8 Å². The molecule has 0 radical (unpaired) electrons. The zero-order valence-corrected chi connectivity index (χ0v) is 15.6. The van der Waals surface area contributed by atoms with E-state index in [1.807, 2.05) is 75.4 Å². The van der Waals surface area contributed by atoms with Crippen molar-refractivity contribution in [1.82, 2.24) is 0 Å². The van der Waals surface area contributed by atoms with Gasteiger partial charge in [0.15, 0.2) is 5.78 Å². The molecule has 1 fully saturated rings. The summed E-state index contributed by atoms with van der Waals surface area (Å²) in [4.78, 5) is 0. The average Bonchev–Trinajstić information content (AvgIpc) is 2.88. The van der Waals surface area contributed by atoms with Crippen LogP contribution in [0.5, 0.6) is 5.75 Å². The summed E-state index contributed by atoms with van der Waals surface area (Å²) in [6.45, 7) is 6.30. The third-order valence-corrected chi connectivity index (χ3v) is 6.50. The lowest BCUT2D eigenvalue weighted by Gasteiger charge is -2.25.